The fourth-order valence-electron chi connectivity index (χ4n) is 6.32. The number of aromatic amines is 1. The average molecular weight is 354 g/mol. The van der Waals surface area contributed by atoms with E-state index in [2.05, 4.69) is 28.1 Å². The van der Waals surface area contributed by atoms with E-state index in [1.807, 2.05) is 6.07 Å². The van der Waals surface area contributed by atoms with Crippen LogP contribution in [0.4, 0.5) is 0 Å². The number of rotatable bonds is 3. The van der Waals surface area contributed by atoms with Gasteiger partial charge >= 0.3 is 5.97 Å². The number of hydrogen-bond donors (Lipinski definition) is 2. The van der Waals surface area contributed by atoms with E-state index in [9.17, 15) is 9.90 Å². The van der Waals surface area contributed by atoms with Crippen LogP contribution in [-0.4, -0.2) is 53.8 Å². The lowest BCUT2D eigenvalue weighted by atomic mass is 9.56. The van der Waals surface area contributed by atoms with E-state index in [4.69, 9.17) is 4.74 Å². The summed E-state index contributed by atoms with van der Waals surface area (Å²) in [6.07, 6.45) is 3.66. The van der Waals surface area contributed by atoms with Gasteiger partial charge in [-0.05, 0) is 49.1 Å². The summed E-state index contributed by atoms with van der Waals surface area (Å²) in [6.45, 7) is 2.21. The van der Waals surface area contributed by atoms with Crippen molar-refractivity contribution in [2.45, 2.75) is 37.1 Å². The van der Waals surface area contributed by atoms with Crippen molar-refractivity contribution in [1.29, 1.82) is 0 Å². The van der Waals surface area contributed by atoms with Crippen molar-refractivity contribution in [2.24, 2.45) is 11.8 Å². The molecule has 5 nitrogen and oxygen atoms in total. The molecule has 6 rings (SSSR count). The van der Waals surface area contributed by atoms with Crippen LogP contribution in [-0.2, 0) is 21.4 Å². The lowest BCUT2D eigenvalue weighted by molar-refractivity contribution is -0.162. The number of carbonyl (C=O) groups excluding carboxylic acids is 1. The summed E-state index contributed by atoms with van der Waals surface area (Å²) < 4.78 is 5.41. The SMILES string of the molecule is COC(=O)[C@@]12CC3C[C@H](CCO)C1N(CCc1c2[nH]c2ccccc12)C3. The zero-order valence-corrected chi connectivity index (χ0v) is 15.2. The maximum Gasteiger partial charge on any atom is 0.319 e. The van der Waals surface area contributed by atoms with E-state index in [-0.39, 0.29) is 18.6 Å². The number of fused-ring (bicyclic) bond motifs is 4. The Kier molecular flexibility index (Phi) is 3.66. The molecule has 3 fully saturated rings. The third-order valence-electron chi connectivity index (χ3n) is 7.04. The summed E-state index contributed by atoms with van der Waals surface area (Å²) in [7, 11) is 1.51. The van der Waals surface area contributed by atoms with Gasteiger partial charge in [0.05, 0.1) is 7.11 Å². The predicted molar refractivity (Wildman–Crippen MR) is 99.0 cm³/mol. The Morgan fingerprint density at radius 1 is 1.42 bits per heavy atom. The van der Waals surface area contributed by atoms with Gasteiger partial charge in [0.15, 0.2) is 0 Å². The number of aliphatic hydroxyl groups is 1. The zero-order chi connectivity index (χ0) is 17.9. The molecule has 4 bridgehead atoms. The van der Waals surface area contributed by atoms with Gasteiger partial charge < -0.3 is 14.8 Å². The minimum absolute atomic E-state index is 0.112. The number of H-pyrrole nitrogens is 1. The smallest absolute Gasteiger partial charge is 0.319 e. The van der Waals surface area contributed by atoms with Crippen LogP contribution in [0.2, 0.25) is 0 Å². The molecule has 5 atom stereocenters. The van der Waals surface area contributed by atoms with Crippen molar-refractivity contribution in [3.8, 4) is 0 Å². The summed E-state index contributed by atoms with van der Waals surface area (Å²) in [5.74, 6) is 0.700. The monoisotopic (exact) mass is 354 g/mol. The summed E-state index contributed by atoms with van der Waals surface area (Å²) in [5.41, 5.74) is 2.82. The van der Waals surface area contributed by atoms with Crippen LogP contribution in [0.15, 0.2) is 24.3 Å². The molecule has 2 N–H and O–H groups in total. The number of nitrogens with zero attached hydrogens (tertiary/aromatic N) is 1. The van der Waals surface area contributed by atoms with Crippen molar-refractivity contribution in [3.05, 3.63) is 35.5 Å². The number of benzene rings is 1. The molecule has 3 aliphatic heterocycles. The number of nitrogens with one attached hydrogen (secondary N) is 1. The molecule has 26 heavy (non-hydrogen) atoms. The van der Waals surface area contributed by atoms with Gasteiger partial charge in [-0.2, -0.15) is 0 Å². The summed E-state index contributed by atoms with van der Waals surface area (Å²) >= 11 is 0. The molecular weight excluding hydrogens is 328 g/mol. The van der Waals surface area contributed by atoms with Crippen molar-refractivity contribution < 1.29 is 14.6 Å². The number of ether oxygens (including phenoxy) is 1. The van der Waals surface area contributed by atoms with Gasteiger partial charge in [0.1, 0.15) is 5.41 Å². The highest BCUT2D eigenvalue weighted by Crippen LogP contribution is 2.55. The zero-order valence-electron chi connectivity index (χ0n) is 15.2. The van der Waals surface area contributed by atoms with Crippen LogP contribution < -0.4 is 0 Å². The van der Waals surface area contributed by atoms with E-state index in [1.165, 1.54) is 18.1 Å². The number of carbonyl (C=O) groups is 1. The van der Waals surface area contributed by atoms with Gasteiger partial charge in [0.25, 0.3) is 0 Å². The van der Waals surface area contributed by atoms with E-state index < -0.39 is 5.41 Å². The molecule has 4 heterocycles. The first-order chi connectivity index (χ1) is 12.7. The number of piperidine rings is 2. The quantitative estimate of drug-likeness (QED) is 0.830. The second-order valence-electron chi connectivity index (χ2n) is 8.26. The Labute approximate surface area is 153 Å². The number of para-hydroxylation sites is 1. The molecule has 1 aromatic heterocycles. The lowest BCUT2D eigenvalue weighted by Gasteiger charge is -2.57. The minimum atomic E-state index is -0.638. The molecule has 1 saturated carbocycles. The van der Waals surface area contributed by atoms with E-state index in [0.717, 1.165) is 50.0 Å². The number of aliphatic hydroxyl groups excluding tert-OH is 1. The molecular formula is C21H26N2O3. The molecule has 0 spiro atoms. The van der Waals surface area contributed by atoms with Crippen LogP contribution >= 0.6 is 0 Å². The number of hydrogen-bond acceptors (Lipinski definition) is 4. The predicted octanol–water partition coefficient (Wildman–Crippen LogP) is 2.23. The van der Waals surface area contributed by atoms with Crippen LogP contribution in [0.3, 0.4) is 0 Å². The molecule has 1 aromatic carbocycles. The second kappa shape index (κ2) is 5.83. The third kappa shape index (κ3) is 2.01. The molecule has 2 saturated heterocycles. The molecule has 5 heteroatoms. The van der Waals surface area contributed by atoms with Gasteiger partial charge in [-0.15, -0.1) is 0 Å². The van der Waals surface area contributed by atoms with Crippen LogP contribution in [0, 0.1) is 11.8 Å². The van der Waals surface area contributed by atoms with E-state index >= 15 is 0 Å². The topological polar surface area (TPSA) is 65.6 Å². The Hall–Kier alpha value is -1.85. The van der Waals surface area contributed by atoms with Crippen molar-refractivity contribution in [2.75, 3.05) is 26.8 Å². The summed E-state index contributed by atoms with van der Waals surface area (Å²) in [4.78, 5) is 19.4. The highest BCUT2D eigenvalue weighted by molar-refractivity contribution is 5.91. The fraction of sp³-hybridized carbons (Fsp3) is 0.571. The van der Waals surface area contributed by atoms with Crippen molar-refractivity contribution in [3.63, 3.8) is 0 Å². The summed E-state index contributed by atoms with van der Waals surface area (Å²) in [5, 5.41) is 10.9. The summed E-state index contributed by atoms with van der Waals surface area (Å²) in [6, 6.07) is 8.47. The molecule has 2 aromatic rings. The Morgan fingerprint density at radius 3 is 3.08 bits per heavy atom. The Balaban J connectivity index is 1.77. The highest BCUT2D eigenvalue weighted by atomic mass is 16.5. The highest BCUT2D eigenvalue weighted by Gasteiger charge is 2.62. The molecule has 3 unspecified atom stereocenters. The van der Waals surface area contributed by atoms with Gasteiger partial charge in [-0.3, -0.25) is 9.69 Å². The molecule has 4 aliphatic rings. The number of aromatic nitrogens is 1. The number of esters is 1. The van der Waals surface area contributed by atoms with Crippen molar-refractivity contribution in [1.82, 2.24) is 9.88 Å². The lowest BCUT2D eigenvalue weighted by Crippen LogP contribution is -2.67. The maximum absolute atomic E-state index is 13.3. The first-order valence-corrected chi connectivity index (χ1v) is 9.72. The van der Waals surface area contributed by atoms with E-state index in [1.54, 1.807) is 0 Å². The standard InChI is InChI=1S/C21H26N2O3/c1-26-20(25)21-11-13-10-14(7-9-24)19(21)23(12-13)8-6-16-15-4-2-3-5-17(15)22-18(16)21/h2-5,13-14,19,22,24H,6-12H2,1H3/t13?,14-,19?,21+/m0/s1. The van der Waals surface area contributed by atoms with Crippen molar-refractivity contribution >= 4 is 16.9 Å². The van der Waals surface area contributed by atoms with Gasteiger partial charge in [0, 0.05) is 42.3 Å². The Morgan fingerprint density at radius 2 is 2.27 bits per heavy atom. The van der Waals surface area contributed by atoms with Crippen LogP contribution in [0.25, 0.3) is 10.9 Å². The normalized spacial score (nSPS) is 35.2. The molecule has 0 amide bonds. The van der Waals surface area contributed by atoms with Gasteiger partial charge in [0.2, 0.25) is 0 Å². The third-order valence-corrected chi connectivity index (χ3v) is 7.04. The number of methoxy groups -OCH3 is 1. The molecule has 1 aliphatic carbocycles. The van der Waals surface area contributed by atoms with Gasteiger partial charge in [-0.1, -0.05) is 18.2 Å². The average Bonchev–Trinajstić information content (AvgIpc) is 3.00. The van der Waals surface area contributed by atoms with Gasteiger partial charge in [-0.25, -0.2) is 0 Å². The molecule has 138 valence electrons. The first-order valence-electron chi connectivity index (χ1n) is 9.72. The fourth-order valence-corrected chi connectivity index (χ4v) is 6.32. The van der Waals surface area contributed by atoms with E-state index in [0.29, 0.717) is 11.8 Å². The maximum atomic E-state index is 13.3. The Bertz CT molecular complexity index is 860. The van der Waals surface area contributed by atoms with Crippen LogP contribution in [0.1, 0.15) is 30.5 Å². The second-order valence-corrected chi connectivity index (χ2v) is 8.26. The largest absolute Gasteiger partial charge is 0.468 e. The van der Waals surface area contributed by atoms with Crippen LogP contribution in [0.5, 0.6) is 0 Å². The molecule has 0 radical (unpaired) electrons. The minimum Gasteiger partial charge on any atom is -0.468 e. The first kappa shape index (κ1) is 16.3.